The number of anilines is 2. The number of para-hydroxylation sites is 1. The highest BCUT2D eigenvalue weighted by molar-refractivity contribution is 7.89. The van der Waals surface area contributed by atoms with Crippen molar-refractivity contribution in [1.82, 2.24) is 0 Å². The Morgan fingerprint density at radius 2 is 1.77 bits per heavy atom. The van der Waals surface area contributed by atoms with Gasteiger partial charge in [-0.3, -0.25) is 4.79 Å². The largest absolute Gasteiger partial charge is 0.359 e. The molecule has 3 aromatic carbocycles. The molecule has 7 heteroatoms. The smallest absolute Gasteiger partial charge is 0.243 e. The number of hydrogen-bond donors (Lipinski definition) is 2. The van der Waals surface area contributed by atoms with Gasteiger partial charge in [0, 0.05) is 23.0 Å². The van der Waals surface area contributed by atoms with Crippen molar-refractivity contribution in [2.45, 2.75) is 24.3 Å². The van der Waals surface area contributed by atoms with E-state index in [2.05, 4.69) is 5.32 Å². The Morgan fingerprint density at radius 3 is 2.50 bits per heavy atom. The first kappa shape index (κ1) is 20.1. The number of benzene rings is 3. The summed E-state index contributed by atoms with van der Waals surface area (Å²) >= 11 is 0. The van der Waals surface area contributed by atoms with Gasteiger partial charge in [0.1, 0.15) is 0 Å². The SMILES string of the molecule is CC1Cc2cc(S(N)(=O)=O)ccc2N1CC(=O)Nc1ccccc1-c1ccccc1. The van der Waals surface area contributed by atoms with Crippen molar-refractivity contribution in [1.29, 1.82) is 0 Å². The number of nitrogens with zero attached hydrogens (tertiary/aromatic N) is 1. The predicted octanol–water partition coefficient (Wildman–Crippen LogP) is 3.39. The summed E-state index contributed by atoms with van der Waals surface area (Å²) in [6, 6.07) is 22.5. The van der Waals surface area contributed by atoms with Crippen LogP contribution >= 0.6 is 0 Å². The van der Waals surface area contributed by atoms with Gasteiger partial charge in [0.05, 0.1) is 11.4 Å². The first-order valence-electron chi connectivity index (χ1n) is 9.69. The number of carbonyl (C=O) groups excluding carboxylic acids is 1. The Kier molecular flexibility index (Phi) is 5.32. The number of sulfonamides is 1. The molecule has 0 bridgehead atoms. The molecular formula is C23H23N3O3S. The fraction of sp³-hybridized carbons (Fsp3) is 0.174. The van der Waals surface area contributed by atoms with Gasteiger partial charge in [-0.2, -0.15) is 0 Å². The molecule has 1 heterocycles. The Hall–Kier alpha value is -3.16. The third-order valence-corrected chi connectivity index (χ3v) is 6.25. The number of primary sulfonamides is 1. The average molecular weight is 422 g/mol. The molecule has 6 nitrogen and oxygen atoms in total. The third kappa shape index (κ3) is 4.08. The van der Waals surface area contributed by atoms with Crippen LogP contribution in [0.25, 0.3) is 11.1 Å². The van der Waals surface area contributed by atoms with E-state index in [1.807, 2.05) is 66.4 Å². The summed E-state index contributed by atoms with van der Waals surface area (Å²) in [6.07, 6.45) is 0.659. The fourth-order valence-corrected chi connectivity index (χ4v) is 4.46. The zero-order chi connectivity index (χ0) is 21.3. The maximum absolute atomic E-state index is 12.9. The molecule has 3 aromatic rings. The number of amides is 1. The second-order valence-electron chi connectivity index (χ2n) is 7.48. The van der Waals surface area contributed by atoms with E-state index in [4.69, 9.17) is 5.14 Å². The van der Waals surface area contributed by atoms with Crippen molar-refractivity contribution >= 4 is 27.3 Å². The van der Waals surface area contributed by atoms with Gasteiger partial charge in [-0.15, -0.1) is 0 Å². The van der Waals surface area contributed by atoms with Crippen LogP contribution in [0.15, 0.2) is 77.7 Å². The van der Waals surface area contributed by atoms with Crippen LogP contribution < -0.4 is 15.4 Å². The summed E-state index contributed by atoms with van der Waals surface area (Å²) in [5.41, 5.74) is 4.49. The van der Waals surface area contributed by atoms with Crippen LogP contribution in [-0.2, 0) is 21.2 Å². The van der Waals surface area contributed by atoms with Crippen LogP contribution in [0.5, 0.6) is 0 Å². The van der Waals surface area contributed by atoms with Crippen LogP contribution in [0.4, 0.5) is 11.4 Å². The number of nitrogens with two attached hydrogens (primary N) is 1. The van der Waals surface area contributed by atoms with E-state index >= 15 is 0 Å². The molecule has 1 unspecified atom stereocenters. The minimum Gasteiger partial charge on any atom is -0.359 e. The quantitative estimate of drug-likeness (QED) is 0.660. The molecule has 0 radical (unpaired) electrons. The Labute approximate surface area is 176 Å². The van der Waals surface area contributed by atoms with Crippen molar-refractivity contribution < 1.29 is 13.2 Å². The Balaban J connectivity index is 1.54. The second-order valence-corrected chi connectivity index (χ2v) is 9.04. The summed E-state index contributed by atoms with van der Waals surface area (Å²) in [5.74, 6) is -0.131. The number of fused-ring (bicyclic) bond motifs is 1. The summed E-state index contributed by atoms with van der Waals surface area (Å²) in [6.45, 7) is 2.19. The molecule has 154 valence electrons. The van der Waals surface area contributed by atoms with Gasteiger partial charge in [-0.25, -0.2) is 13.6 Å². The average Bonchev–Trinajstić information content (AvgIpc) is 3.03. The van der Waals surface area contributed by atoms with Crippen molar-refractivity contribution in [3.63, 3.8) is 0 Å². The predicted molar refractivity (Wildman–Crippen MR) is 119 cm³/mol. The topological polar surface area (TPSA) is 92.5 Å². The zero-order valence-corrected chi connectivity index (χ0v) is 17.4. The van der Waals surface area contributed by atoms with E-state index in [0.717, 1.165) is 28.1 Å². The van der Waals surface area contributed by atoms with Crippen LogP contribution in [0.1, 0.15) is 12.5 Å². The lowest BCUT2D eigenvalue weighted by molar-refractivity contribution is -0.115. The first-order chi connectivity index (χ1) is 14.3. The van der Waals surface area contributed by atoms with Crippen LogP contribution in [0.2, 0.25) is 0 Å². The number of hydrogen-bond acceptors (Lipinski definition) is 4. The van der Waals surface area contributed by atoms with E-state index in [0.29, 0.717) is 6.42 Å². The Bertz CT molecular complexity index is 1190. The molecule has 0 aliphatic carbocycles. The summed E-state index contributed by atoms with van der Waals surface area (Å²) in [7, 11) is -3.75. The summed E-state index contributed by atoms with van der Waals surface area (Å²) in [4.78, 5) is 14.9. The monoisotopic (exact) mass is 421 g/mol. The van der Waals surface area contributed by atoms with Gasteiger partial charge < -0.3 is 10.2 Å². The molecule has 1 aliphatic heterocycles. The van der Waals surface area contributed by atoms with Gasteiger partial charge in [0.25, 0.3) is 0 Å². The lowest BCUT2D eigenvalue weighted by atomic mass is 10.0. The maximum atomic E-state index is 12.9. The van der Waals surface area contributed by atoms with Crippen molar-refractivity contribution in [3.8, 4) is 11.1 Å². The summed E-state index contributed by atoms with van der Waals surface area (Å²) in [5, 5.41) is 8.27. The lowest BCUT2D eigenvalue weighted by Gasteiger charge is -2.24. The molecule has 0 saturated heterocycles. The molecule has 30 heavy (non-hydrogen) atoms. The molecule has 0 spiro atoms. The maximum Gasteiger partial charge on any atom is 0.243 e. The molecule has 1 amide bonds. The lowest BCUT2D eigenvalue weighted by Crippen LogP contribution is -2.37. The minimum absolute atomic E-state index is 0.0749. The molecule has 0 saturated carbocycles. The highest BCUT2D eigenvalue weighted by Gasteiger charge is 2.28. The number of carbonyl (C=O) groups is 1. The molecule has 3 N–H and O–H groups in total. The highest BCUT2D eigenvalue weighted by atomic mass is 32.2. The van der Waals surface area contributed by atoms with Gasteiger partial charge in [0.2, 0.25) is 15.9 Å². The van der Waals surface area contributed by atoms with Crippen molar-refractivity contribution in [2.24, 2.45) is 5.14 Å². The standard InChI is InChI=1S/C23H23N3O3S/c1-16-13-18-14-19(30(24,28)29)11-12-22(18)26(16)15-23(27)25-21-10-6-5-9-20(21)17-7-3-2-4-8-17/h2-12,14,16H,13,15H2,1H3,(H,25,27)(H2,24,28,29). The fourth-order valence-electron chi connectivity index (χ4n) is 3.90. The van der Waals surface area contributed by atoms with E-state index in [-0.39, 0.29) is 23.4 Å². The zero-order valence-electron chi connectivity index (χ0n) is 16.6. The highest BCUT2D eigenvalue weighted by Crippen LogP contribution is 2.34. The van der Waals surface area contributed by atoms with Crippen LogP contribution in [0, 0.1) is 0 Å². The molecule has 1 aliphatic rings. The molecule has 1 atom stereocenters. The molecule has 0 aromatic heterocycles. The summed E-state index contributed by atoms with van der Waals surface area (Å²) < 4.78 is 23.3. The molecular weight excluding hydrogens is 398 g/mol. The van der Waals surface area contributed by atoms with Crippen molar-refractivity contribution in [2.75, 3.05) is 16.8 Å². The second kappa shape index (κ2) is 7.93. The first-order valence-corrected chi connectivity index (χ1v) is 11.2. The van der Waals surface area contributed by atoms with Gasteiger partial charge in [-0.05, 0) is 48.7 Å². The minimum atomic E-state index is -3.75. The van der Waals surface area contributed by atoms with E-state index < -0.39 is 10.0 Å². The molecule has 4 rings (SSSR count). The van der Waals surface area contributed by atoms with E-state index in [9.17, 15) is 13.2 Å². The van der Waals surface area contributed by atoms with Gasteiger partial charge in [-0.1, -0.05) is 48.5 Å². The van der Waals surface area contributed by atoms with Gasteiger partial charge >= 0.3 is 0 Å². The molecule has 0 fully saturated rings. The van der Waals surface area contributed by atoms with Crippen LogP contribution in [0.3, 0.4) is 0 Å². The third-order valence-electron chi connectivity index (χ3n) is 5.34. The number of nitrogens with one attached hydrogen (secondary N) is 1. The Morgan fingerprint density at radius 1 is 1.07 bits per heavy atom. The van der Waals surface area contributed by atoms with Gasteiger partial charge in [0.15, 0.2) is 0 Å². The van der Waals surface area contributed by atoms with E-state index in [1.165, 1.54) is 6.07 Å². The van der Waals surface area contributed by atoms with Crippen LogP contribution in [-0.4, -0.2) is 26.9 Å². The number of rotatable bonds is 5. The van der Waals surface area contributed by atoms with Crippen molar-refractivity contribution in [3.05, 3.63) is 78.4 Å². The van der Waals surface area contributed by atoms with E-state index in [1.54, 1.807) is 12.1 Å². The normalized spacial score (nSPS) is 15.7.